The molecule has 3 heterocycles. The van der Waals surface area contributed by atoms with Crippen LogP contribution in [0.15, 0.2) is 152 Å². The van der Waals surface area contributed by atoms with Crippen molar-refractivity contribution in [2.75, 3.05) is 0 Å². The maximum Gasteiger partial charge on any atom is 0.240 e. The fourth-order valence-corrected chi connectivity index (χ4v) is 8.94. The molecule has 0 aliphatic heterocycles. The molecule has 0 saturated heterocycles. The highest BCUT2D eigenvalue weighted by atomic mass is 15.3. The van der Waals surface area contributed by atoms with Crippen molar-refractivity contribution in [1.82, 2.24) is 24.1 Å². The summed E-state index contributed by atoms with van der Waals surface area (Å²) >= 11 is 0. The molecular weight excluding hydrogens is 683 g/mol. The van der Waals surface area contributed by atoms with E-state index in [2.05, 4.69) is 0 Å². The summed E-state index contributed by atoms with van der Waals surface area (Å²) in [5.41, 5.74) is -1.98. The molecule has 0 unspecified atom stereocenters. The molecule has 0 amide bonds. The minimum Gasteiger partial charge on any atom is -0.278 e. The molecule has 12 rings (SSSR count). The Morgan fingerprint density at radius 1 is 0.446 bits per heavy atom. The van der Waals surface area contributed by atoms with Crippen LogP contribution in [0.5, 0.6) is 0 Å². The van der Waals surface area contributed by atoms with Gasteiger partial charge in [0.2, 0.25) is 11.9 Å². The lowest BCUT2D eigenvalue weighted by molar-refractivity contribution is 0.661. The summed E-state index contributed by atoms with van der Waals surface area (Å²) in [6.45, 7) is -12.4. The van der Waals surface area contributed by atoms with Crippen molar-refractivity contribution in [2.24, 2.45) is 0 Å². The summed E-state index contributed by atoms with van der Waals surface area (Å²) in [5.74, 6) is -0.768. The van der Waals surface area contributed by atoms with Crippen LogP contribution in [-0.4, -0.2) is 24.1 Å². The van der Waals surface area contributed by atoms with Crippen LogP contribution in [0.25, 0.3) is 89.2 Å². The molecule has 0 atom stereocenters. The van der Waals surface area contributed by atoms with Gasteiger partial charge in [-0.1, -0.05) is 143 Å². The summed E-state index contributed by atoms with van der Waals surface area (Å²) in [5, 5.41) is 2.36. The number of nitrogens with zero attached hydrogens (tertiary/aromatic N) is 5. The van der Waals surface area contributed by atoms with E-state index < -0.39 is 74.0 Å². The second-order valence-electron chi connectivity index (χ2n) is 14.4. The van der Waals surface area contributed by atoms with Crippen molar-refractivity contribution < 1.29 is 23.3 Å². The van der Waals surface area contributed by atoms with Gasteiger partial charge in [0, 0.05) is 54.4 Å². The first kappa shape index (κ1) is 19.1. The van der Waals surface area contributed by atoms with E-state index in [-0.39, 0.29) is 51.0 Å². The maximum atomic E-state index is 9.10. The van der Waals surface area contributed by atoms with Gasteiger partial charge in [-0.05, 0) is 80.9 Å². The number of rotatable bonds is 3. The van der Waals surface area contributed by atoms with Crippen molar-refractivity contribution in [3.63, 3.8) is 0 Å². The fraction of sp³-hybridized carbons (Fsp3) is 0.118. The van der Waals surface area contributed by atoms with Crippen LogP contribution in [0, 0.1) is 0 Å². The molecule has 0 N–H and O–H groups in total. The molecule has 5 heteroatoms. The van der Waals surface area contributed by atoms with Crippen LogP contribution in [0.3, 0.4) is 0 Å². The lowest BCUT2D eigenvalue weighted by Gasteiger charge is -2.22. The Morgan fingerprint density at radius 3 is 1.41 bits per heavy atom. The number of hydrogen-bond donors (Lipinski definition) is 0. The van der Waals surface area contributed by atoms with Crippen molar-refractivity contribution in [2.45, 2.75) is 38.2 Å². The van der Waals surface area contributed by atoms with E-state index in [9.17, 15) is 0 Å². The van der Waals surface area contributed by atoms with E-state index in [0.717, 1.165) is 0 Å². The molecule has 0 radical (unpaired) electrons. The Morgan fingerprint density at radius 2 is 0.911 bits per heavy atom. The van der Waals surface area contributed by atoms with Gasteiger partial charge in [-0.2, -0.15) is 15.0 Å². The first-order valence-corrected chi connectivity index (χ1v) is 18.1. The van der Waals surface area contributed by atoms with Gasteiger partial charge < -0.3 is 0 Å². The van der Waals surface area contributed by atoms with Crippen LogP contribution in [0.2, 0.25) is 0 Å². The van der Waals surface area contributed by atoms with Gasteiger partial charge in [0.25, 0.3) is 0 Å². The monoisotopic (exact) mass is 736 g/mol. The number of benzene rings is 7. The minimum absolute atomic E-state index is 0.00891. The summed E-state index contributed by atoms with van der Waals surface area (Å²) in [6, 6.07) is 30.6. The molecule has 10 aromatic rings. The summed E-state index contributed by atoms with van der Waals surface area (Å²) in [4.78, 5) is 14.9. The zero-order valence-electron chi connectivity index (χ0n) is 46.3. The van der Waals surface area contributed by atoms with E-state index in [1.807, 2.05) is 12.1 Å². The third kappa shape index (κ3) is 4.07. The van der Waals surface area contributed by atoms with Crippen LogP contribution >= 0.6 is 0 Å². The minimum atomic E-state index is -3.10. The number of hydrogen-bond acceptors (Lipinski definition) is 3. The molecule has 0 bridgehead atoms. The van der Waals surface area contributed by atoms with E-state index >= 15 is 0 Å². The Bertz CT molecular complexity index is 3790. The van der Waals surface area contributed by atoms with Crippen LogP contribution < -0.4 is 0 Å². The van der Waals surface area contributed by atoms with Gasteiger partial charge in [0.05, 0.1) is 28.9 Å². The molecule has 266 valence electrons. The molecule has 7 aromatic carbocycles. The third-order valence-corrected chi connectivity index (χ3v) is 11.4. The standard InChI is InChI=1S/C51H37N5/c1-50(2)39-22-12-8-18-31(39)35-26-37-33-20-10-14-24-43(33)55(45(37)28-41(35)50)48-52-47(30-16-6-5-7-17-30)53-49(54-48)56-44-25-15-11-21-34(44)38-27-36-32-19-9-13-23-40(32)51(3,4)42(36)29-46(38)56/h5-29H,1-4H3/i1D3,2D3,3D3,4D3,5D,6D,7D,16D,17D. The smallest absolute Gasteiger partial charge is 0.240 e. The van der Waals surface area contributed by atoms with E-state index in [4.69, 9.17) is 38.3 Å². The zero-order chi connectivity index (χ0) is 51.9. The SMILES string of the molecule is [2H]c1c([2H])c([2H])c(-c2nc(-n3c4ccccc4c4cc5c(cc43)C(C([2H])([2H])[2H])(C([2H])([2H])[2H])c3ccccc3-5)nc(-n3c4ccccc4c4cc5c(cc43)C(C([2H])([2H])[2H])(C([2H])([2H])[2H])c3ccccc3-5)n2)c([2H])c1[2H]. The van der Waals surface area contributed by atoms with E-state index in [0.29, 0.717) is 54.8 Å². The van der Waals surface area contributed by atoms with Crippen LogP contribution in [0.1, 0.15) is 73.0 Å². The molecule has 0 spiro atoms. The molecule has 3 aromatic heterocycles. The number of fused-ring (bicyclic) bond motifs is 12. The average Bonchev–Trinajstić information content (AvgIpc) is 4.03. The van der Waals surface area contributed by atoms with Gasteiger partial charge in [0.15, 0.2) is 5.82 Å². The fourth-order valence-electron chi connectivity index (χ4n) is 8.94. The lowest BCUT2D eigenvalue weighted by atomic mass is 9.82. The first-order valence-electron chi connectivity index (χ1n) is 26.6. The van der Waals surface area contributed by atoms with Crippen LogP contribution in [-0.2, 0) is 10.8 Å². The second kappa shape index (κ2) is 10.9. The predicted octanol–water partition coefficient (Wildman–Crippen LogP) is 12.3. The highest BCUT2D eigenvalue weighted by Gasteiger charge is 2.38. The zero-order valence-corrected chi connectivity index (χ0v) is 29.3. The molecular formula is C51H37N5. The van der Waals surface area contributed by atoms with E-state index in [1.165, 1.54) is 24.3 Å². The van der Waals surface area contributed by atoms with Gasteiger partial charge in [-0.15, -0.1) is 0 Å². The maximum absolute atomic E-state index is 9.10. The molecule has 56 heavy (non-hydrogen) atoms. The highest BCUT2D eigenvalue weighted by molar-refractivity contribution is 6.13. The normalized spacial score (nSPS) is 20.0. The largest absolute Gasteiger partial charge is 0.278 e. The molecule has 5 nitrogen and oxygen atoms in total. The second-order valence-corrected chi connectivity index (χ2v) is 14.4. The summed E-state index contributed by atoms with van der Waals surface area (Å²) in [7, 11) is 0. The third-order valence-electron chi connectivity index (χ3n) is 11.4. The summed E-state index contributed by atoms with van der Waals surface area (Å²) < 4.78 is 154. The lowest BCUT2D eigenvalue weighted by Crippen LogP contribution is -2.15. The van der Waals surface area contributed by atoms with Crippen molar-refractivity contribution >= 4 is 43.6 Å². The Labute approximate surface area is 348 Å². The van der Waals surface area contributed by atoms with Crippen molar-refractivity contribution in [1.29, 1.82) is 0 Å². The van der Waals surface area contributed by atoms with Gasteiger partial charge in [0.1, 0.15) is 0 Å². The molecule has 2 aliphatic rings. The number of para-hydroxylation sites is 2. The highest BCUT2D eigenvalue weighted by Crippen LogP contribution is 2.52. The van der Waals surface area contributed by atoms with Crippen LogP contribution in [0.4, 0.5) is 0 Å². The average molecular weight is 737 g/mol. The Balaban J connectivity index is 1.24. The van der Waals surface area contributed by atoms with Crippen molar-refractivity contribution in [3.05, 3.63) is 174 Å². The van der Waals surface area contributed by atoms with E-state index in [1.54, 1.807) is 94.1 Å². The molecule has 2 aliphatic carbocycles. The number of aromatic nitrogens is 5. The molecule has 0 fully saturated rings. The van der Waals surface area contributed by atoms with Crippen molar-refractivity contribution in [3.8, 4) is 45.5 Å². The topological polar surface area (TPSA) is 48.5 Å². The van der Waals surface area contributed by atoms with Gasteiger partial charge >= 0.3 is 0 Å². The quantitative estimate of drug-likeness (QED) is 0.181. The Kier molecular flexibility index (Phi) is 3.72. The Hall–Kier alpha value is -6.85. The summed E-state index contributed by atoms with van der Waals surface area (Å²) in [6.07, 6.45) is 0. The van der Waals surface area contributed by atoms with Gasteiger partial charge in [-0.3, -0.25) is 9.13 Å². The molecule has 0 saturated carbocycles. The first-order chi connectivity index (χ1) is 34.4. The van der Waals surface area contributed by atoms with Gasteiger partial charge in [-0.25, -0.2) is 0 Å². The predicted molar refractivity (Wildman–Crippen MR) is 229 cm³/mol.